The third kappa shape index (κ3) is 3.59. The first-order chi connectivity index (χ1) is 12.7. The Bertz CT molecular complexity index is 660. The van der Waals surface area contributed by atoms with Crippen molar-refractivity contribution in [2.75, 3.05) is 20.2 Å². The molecule has 2 aliphatic carbocycles. The van der Waals surface area contributed by atoms with E-state index < -0.39 is 0 Å². The number of nitrogens with one attached hydrogen (secondary N) is 1. The SMILES string of the molecule is CO[C@@]12CC[C@@H](NC(=O)c3cscn3)C[C@@H]1N(CC1=CCCCC1)CC2. The Balaban J connectivity index is 1.43. The van der Waals surface area contributed by atoms with Crippen molar-refractivity contribution in [1.29, 1.82) is 0 Å². The standard InChI is InChI=1S/C20H29N3O2S/c1-25-20-8-7-16(22-19(24)17-13-26-14-21-17)11-18(20)23(10-9-20)12-15-5-3-2-4-6-15/h5,13-14,16,18H,2-4,6-12H2,1H3,(H,22,24)/t16-,18+,20-/m1/s1. The van der Waals surface area contributed by atoms with Gasteiger partial charge in [0.1, 0.15) is 5.69 Å². The lowest BCUT2D eigenvalue weighted by Crippen LogP contribution is -2.55. The van der Waals surface area contributed by atoms with E-state index in [1.165, 1.54) is 37.0 Å². The van der Waals surface area contributed by atoms with Crippen molar-refractivity contribution in [2.24, 2.45) is 0 Å². The Morgan fingerprint density at radius 3 is 3.12 bits per heavy atom. The fourth-order valence-corrected chi connectivity index (χ4v) is 5.54. The summed E-state index contributed by atoms with van der Waals surface area (Å²) in [5.74, 6) is -0.0410. The molecule has 1 aromatic rings. The summed E-state index contributed by atoms with van der Waals surface area (Å²) in [7, 11) is 1.87. The Hall–Kier alpha value is -1.24. The lowest BCUT2D eigenvalue weighted by Gasteiger charge is -2.44. The van der Waals surface area contributed by atoms with Gasteiger partial charge in [0.05, 0.1) is 11.1 Å². The molecule has 1 amide bonds. The van der Waals surface area contributed by atoms with Crippen LogP contribution >= 0.6 is 11.3 Å². The molecule has 0 radical (unpaired) electrons. The average molecular weight is 376 g/mol. The number of aromatic nitrogens is 1. The topological polar surface area (TPSA) is 54.5 Å². The first-order valence-corrected chi connectivity index (χ1v) is 10.8. The second-order valence-corrected chi connectivity index (χ2v) is 8.65. The maximum absolute atomic E-state index is 12.4. The summed E-state index contributed by atoms with van der Waals surface area (Å²) in [6.45, 7) is 2.17. The number of allylic oxidation sites excluding steroid dienone is 1. The number of rotatable bonds is 5. The minimum Gasteiger partial charge on any atom is -0.377 e. The van der Waals surface area contributed by atoms with Crippen LogP contribution in [0.4, 0.5) is 0 Å². The summed E-state index contributed by atoms with van der Waals surface area (Å²) in [6.07, 6.45) is 11.7. The third-order valence-corrected chi connectivity index (χ3v) is 7.08. The largest absolute Gasteiger partial charge is 0.377 e. The molecular formula is C20H29N3O2S. The Labute approximate surface area is 159 Å². The van der Waals surface area contributed by atoms with Gasteiger partial charge in [-0.1, -0.05) is 11.6 Å². The number of carbonyl (C=O) groups excluding carboxylic acids is 1. The highest BCUT2D eigenvalue weighted by molar-refractivity contribution is 7.07. The Morgan fingerprint density at radius 2 is 2.38 bits per heavy atom. The summed E-state index contributed by atoms with van der Waals surface area (Å²) in [5, 5.41) is 5.02. The van der Waals surface area contributed by atoms with Crippen LogP contribution in [0.15, 0.2) is 22.5 Å². The lowest BCUT2D eigenvalue weighted by molar-refractivity contribution is -0.0655. The van der Waals surface area contributed by atoms with E-state index in [1.54, 1.807) is 11.1 Å². The van der Waals surface area contributed by atoms with Gasteiger partial charge in [0.2, 0.25) is 0 Å². The van der Waals surface area contributed by atoms with Crippen molar-refractivity contribution in [3.8, 4) is 0 Å². The molecule has 3 aliphatic rings. The van der Waals surface area contributed by atoms with Crippen molar-refractivity contribution in [2.45, 2.75) is 69.1 Å². The van der Waals surface area contributed by atoms with E-state index in [4.69, 9.17) is 4.74 Å². The quantitative estimate of drug-likeness (QED) is 0.802. The number of carbonyl (C=O) groups is 1. The number of fused-ring (bicyclic) bond motifs is 1. The molecule has 1 aliphatic heterocycles. The molecule has 2 heterocycles. The van der Waals surface area contributed by atoms with Crippen LogP contribution in [-0.4, -0.2) is 53.7 Å². The molecule has 1 saturated heterocycles. The van der Waals surface area contributed by atoms with Gasteiger partial charge >= 0.3 is 0 Å². The van der Waals surface area contributed by atoms with Gasteiger partial charge in [-0.25, -0.2) is 4.98 Å². The fourth-order valence-electron chi connectivity index (χ4n) is 5.00. The molecule has 1 aromatic heterocycles. The third-order valence-electron chi connectivity index (χ3n) is 6.49. The molecule has 26 heavy (non-hydrogen) atoms. The molecule has 1 saturated carbocycles. The fraction of sp³-hybridized carbons (Fsp3) is 0.700. The number of amides is 1. The minimum absolute atomic E-state index is 0.0307. The zero-order valence-electron chi connectivity index (χ0n) is 15.6. The van der Waals surface area contributed by atoms with Gasteiger partial charge in [-0.05, 0) is 51.4 Å². The van der Waals surface area contributed by atoms with Gasteiger partial charge in [-0.3, -0.25) is 9.69 Å². The molecule has 2 fully saturated rings. The van der Waals surface area contributed by atoms with Crippen LogP contribution in [0.2, 0.25) is 0 Å². The summed E-state index contributed by atoms with van der Waals surface area (Å²) in [4.78, 5) is 19.1. The van der Waals surface area contributed by atoms with E-state index in [0.717, 1.165) is 38.8 Å². The first kappa shape index (κ1) is 18.1. The molecule has 5 nitrogen and oxygen atoms in total. The monoisotopic (exact) mass is 375 g/mol. The van der Waals surface area contributed by atoms with Crippen LogP contribution in [0.25, 0.3) is 0 Å². The highest BCUT2D eigenvalue weighted by Crippen LogP contribution is 2.43. The molecule has 1 N–H and O–H groups in total. The van der Waals surface area contributed by atoms with E-state index in [9.17, 15) is 4.79 Å². The van der Waals surface area contributed by atoms with Crippen molar-refractivity contribution in [3.05, 3.63) is 28.2 Å². The van der Waals surface area contributed by atoms with E-state index in [-0.39, 0.29) is 17.6 Å². The lowest BCUT2D eigenvalue weighted by atomic mass is 9.78. The molecule has 0 aromatic carbocycles. The number of thiazole rings is 1. The van der Waals surface area contributed by atoms with E-state index in [2.05, 4.69) is 21.3 Å². The Kier molecular flexibility index (Phi) is 5.43. The number of likely N-dealkylation sites (tertiary alicyclic amines) is 1. The number of methoxy groups -OCH3 is 1. The van der Waals surface area contributed by atoms with Crippen molar-refractivity contribution < 1.29 is 9.53 Å². The van der Waals surface area contributed by atoms with Crippen LogP contribution in [0.3, 0.4) is 0 Å². The maximum Gasteiger partial charge on any atom is 0.270 e. The number of nitrogens with zero attached hydrogens (tertiary/aromatic N) is 2. The number of hydrogen-bond acceptors (Lipinski definition) is 5. The van der Waals surface area contributed by atoms with Gasteiger partial charge in [0.25, 0.3) is 5.91 Å². The van der Waals surface area contributed by atoms with Gasteiger partial charge < -0.3 is 10.1 Å². The number of ether oxygens (including phenoxy) is 1. The van der Waals surface area contributed by atoms with Gasteiger partial charge in [-0.2, -0.15) is 0 Å². The van der Waals surface area contributed by atoms with Crippen molar-refractivity contribution in [3.63, 3.8) is 0 Å². The number of hydrogen-bond donors (Lipinski definition) is 1. The van der Waals surface area contributed by atoms with Crippen LogP contribution in [0.1, 0.15) is 61.9 Å². The first-order valence-electron chi connectivity index (χ1n) is 9.86. The summed E-state index contributed by atoms with van der Waals surface area (Å²) < 4.78 is 6.06. The molecule has 0 unspecified atom stereocenters. The van der Waals surface area contributed by atoms with Crippen LogP contribution < -0.4 is 5.32 Å². The van der Waals surface area contributed by atoms with Crippen molar-refractivity contribution in [1.82, 2.24) is 15.2 Å². The average Bonchev–Trinajstić information content (AvgIpc) is 3.32. The minimum atomic E-state index is -0.0410. The molecule has 6 heteroatoms. The summed E-state index contributed by atoms with van der Waals surface area (Å²) >= 11 is 1.46. The Morgan fingerprint density at radius 1 is 1.46 bits per heavy atom. The second-order valence-electron chi connectivity index (χ2n) is 7.93. The van der Waals surface area contributed by atoms with Gasteiger partial charge in [0, 0.05) is 37.7 Å². The zero-order chi connectivity index (χ0) is 18.0. The molecule has 4 rings (SSSR count). The summed E-state index contributed by atoms with van der Waals surface area (Å²) in [6, 6.07) is 0.600. The van der Waals surface area contributed by atoms with Crippen LogP contribution in [-0.2, 0) is 4.74 Å². The maximum atomic E-state index is 12.4. The van der Waals surface area contributed by atoms with E-state index in [0.29, 0.717) is 11.7 Å². The predicted molar refractivity (Wildman–Crippen MR) is 103 cm³/mol. The highest BCUT2D eigenvalue weighted by atomic mass is 32.1. The van der Waals surface area contributed by atoms with E-state index in [1.807, 2.05) is 12.5 Å². The molecule has 3 atom stereocenters. The predicted octanol–water partition coefficient (Wildman–Crippen LogP) is 3.39. The van der Waals surface area contributed by atoms with Crippen LogP contribution in [0, 0.1) is 0 Å². The van der Waals surface area contributed by atoms with E-state index >= 15 is 0 Å². The van der Waals surface area contributed by atoms with Gasteiger partial charge in [-0.15, -0.1) is 11.3 Å². The van der Waals surface area contributed by atoms with Crippen molar-refractivity contribution >= 4 is 17.2 Å². The molecular weight excluding hydrogens is 346 g/mol. The smallest absolute Gasteiger partial charge is 0.270 e. The summed E-state index contributed by atoms with van der Waals surface area (Å²) in [5.41, 5.74) is 3.81. The second kappa shape index (κ2) is 7.79. The molecule has 0 spiro atoms. The zero-order valence-corrected chi connectivity index (χ0v) is 16.4. The van der Waals surface area contributed by atoms with Gasteiger partial charge in [0.15, 0.2) is 0 Å². The highest BCUT2D eigenvalue weighted by Gasteiger charge is 2.51. The molecule has 142 valence electrons. The molecule has 0 bridgehead atoms. The van der Waals surface area contributed by atoms with Crippen LogP contribution in [0.5, 0.6) is 0 Å². The normalized spacial score (nSPS) is 32.1.